The van der Waals surface area contributed by atoms with Gasteiger partial charge in [0.05, 0.1) is 24.2 Å². The number of allylic oxidation sites excluding steroid dienone is 1. The molecule has 1 aromatic heterocycles. The number of nitrogens with zero attached hydrogens (tertiary/aromatic N) is 2. The van der Waals surface area contributed by atoms with Gasteiger partial charge in [0, 0.05) is 5.56 Å². The molecule has 0 aliphatic rings. The highest BCUT2D eigenvalue weighted by Gasteiger charge is 1.97. The molecule has 0 atom stereocenters. The standard InChI is InChI=1S/C7H6N2O2/c10-4-7(5-11)6-1-2-8-9-3-6/h1-5,10H/b7-4-. The summed E-state index contributed by atoms with van der Waals surface area (Å²) in [4.78, 5) is 10.3. The highest BCUT2D eigenvalue weighted by molar-refractivity contribution is 6.06. The Balaban J connectivity index is 3.01. The second-order valence-corrected chi connectivity index (χ2v) is 1.83. The van der Waals surface area contributed by atoms with Crippen molar-refractivity contribution in [2.75, 3.05) is 0 Å². The van der Waals surface area contributed by atoms with E-state index in [0.717, 1.165) is 6.26 Å². The topological polar surface area (TPSA) is 63.1 Å². The Labute approximate surface area is 63.2 Å². The van der Waals surface area contributed by atoms with E-state index in [0.29, 0.717) is 11.8 Å². The largest absolute Gasteiger partial charge is 0.515 e. The molecule has 1 rings (SSSR count). The number of carbonyl (C=O) groups is 1. The first-order valence-electron chi connectivity index (χ1n) is 2.95. The third-order valence-electron chi connectivity index (χ3n) is 1.18. The number of aromatic nitrogens is 2. The van der Waals surface area contributed by atoms with Crippen molar-refractivity contribution in [1.82, 2.24) is 10.2 Å². The quantitative estimate of drug-likeness (QED) is 0.380. The van der Waals surface area contributed by atoms with E-state index in [1.54, 1.807) is 6.07 Å². The van der Waals surface area contributed by atoms with Crippen LogP contribution in [0.2, 0.25) is 0 Å². The maximum Gasteiger partial charge on any atom is 0.153 e. The first-order chi connectivity index (χ1) is 5.38. The van der Waals surface area contributed by atoms with Crippen LogP contribution in [0, 0.1) is 0 Å². The van der Waals surface area contributed by atoms with E-state index in [2.05, 4.69) is 10.2 Å². The highest BCUT2D eigenvalue weighted by atomic mass is 16.2. The van der Waals surface area contributed by atoms with E-state index in [9.17, 15) is 4.79 Å². The Morgan fingerprint density at radius 2 is 2.36 bits per heavy atom. The molecule has 4 nitrogen and oxygen atoms in total. The molecular formula is C7H6N2O2. The summed E-state index contributed by atoms with van der Waals surface area (Å²) in [6.07, 6.45) is 4.14. The van der Waals surface area contributed by atoms with Gasteiger partial charge in [-0.25, -0.2) is 0 Å². The third kappa shape index (κ3) is 1.61. The molecule has 0 aliphatic heterocycles. The fourth-order valence-electron chi connectivity index (χ4n) is 0.634. The number of rotatable bonds is 2. The Kier molecular flexibility index (Phi) is 2.32. The Hall–Kier alpha value is -1.71. The van der Waals surface area contributed by atoms with Crippen molar-refractivity contribution >= 4 is 11.9 Å². The minimum Gasteiger partial charge on any atom is -0.515 e. The van der Waals surface area contributed by atoms with E-state index >= 15 is 0 Å². The number of aldehydes is 1. The fraction of sp³-hybridized carbons (Fsp3) is 0. The molecule has 1 heterocycles. The van der Waals surface area contributed by atoms with E-state index in [1.165, 1.54) is 12.4 Å². The zero-order valence-corrected chi connectivity index (χ0v) is 5.64. The SMILES string of the molecule is O=C/C(=C/O)c1ccnnc1. The monoisotopic (exact) mass is 150 g/mol. The second kappa shape index (κ2) is 3.46. The number of aliphatic hydroxyl groups is 1. The van der Waals surface area contributed by atoms with Crippen LogP contribution in [0.15, 0.2) is 24.7 Å². The molecule has 0 radical (unpaired) electrons. The summed E-state index contributed by atoms with van der Waals surface area (Å²) in [5, 5.41) is 15.6. The number of hydrogen-bond donors (Lipinski definition) is 1. The average molecular weight is 150 g/mol. The first kappa shape index (κ1) is 7.40. The van der Waals surface area contributed by atoms with Crippen LogP contribution in [-0.2, 0) is 4.79 Å². The van der Waals surface area contributed by atoms with Crippen LogP contribution in [0.25, 0.3) is 5.57 Å². The molecule has 0 bridgehead atoms. The molecule has 11 heavy (non-hydrogen) atoms. The lowest BCUT2D eigenvalue weighted by molar-refractivity contribution is -0.103. The van der Waals surface area contributed by atoms with Gasteiger partial charge in [0.25, 0.3) is 0 Å². The Bertz CT molecular complexity index is 269. The summed E-state index contributed by atoms with van der Waals surface area (Å²) in [7, 11) is 0. The van der Waals surface area contributed by atoms with Crippen molar-refractivity contribution in [3.63, 3.8) is 0 Å². The van der Waals surface area contributed by atoms with Gasteiger partial charge in [0.2, 0.25) is 0 Å². The summed E-state index contributed by atoms with van der Waals surface area (Å²) in [5.74, 6) is 0. The summed E-state index contributed by atoms with van der Waals surface area (Å²) >= 11 is 0. The van der Waals surface area contributed by atoms with Gasteiger partial charge in [-0.15, -0.1) is 0 Å². The van der Waals surface area contributed by atoms with Crippen LogP contribution in [0.4, 0.5) is 0 Å². The van der Waals surface area contributed by atoms with Crippen molar-refractivity contribution in [3.8, 4) is 0 Å². The van der Waals surface area contributed by atoms with E-state index in [-0.39, 0.29) is 5.57 Å². The van der Waals surface area contributed by atoms with Gasteiger partial charge in [-0.05, 0) is 6.07 Å². The molecule has 0 saturated heterocycles. The molecule has 56 valence electrons. The van der Waals surface area contributed by atoms with Crippen molar-refractivity contribution in [3.05, 3.63) is 30.3 Å². The zero-order chi connectivity index (χ0) is 8.10. The molecule has 1 aromatic rings. The lowest BCUT2D eigenvalue weighted by Gasteiger charge is -1.93. The van der Waals surface area contributed by atoms with Gasteiger partial charge in [0.1, 0.15) is 0 Å². The lowest BCUT2D eigenvalue weighted by atomic mass is 10.2. The predicted octanol–water partition coefficient (Wildman–Crippen LogP) is 0.574. The van der Waals surface area contributed by atoms with Crippen molar-refractivity contribution < 1.29 is 9.90 Å². The maximum absolute atomic E-state index is 10.3. The second-order valence-electron chi connectivity index (χ2n) is 1.83. The smallest absolute Gasteiger partial charge is 0.153 e. The third-order valence-corrected chi connectivity index (χ3v) is 1.18. The molecule has 0 aliphatic carbocycles. The van der Waals surface area contributed by atoms with Crippen molar-refractivity contribution in [1.29, 1.82) is 0 Å². The summed E-state index contributed by atoms with van der Waals surface area (Å²) in [6, 6.07) is 1.59. The van der Waals surface area contributed by atoms with Gasteiger partial charge in [-0.1, -0.05) is 0 Å². The minimum absolute atomic E-state index is 0.194. The van der Waals surface area contributed by atoms with Crippen LogP contribution in [0.3, 0.4) is 0 Å². The van der Waals surface area contributed by atoms with Gasteiger partial charge in [-0.3, -0.25) is 4.79 Å². The predicted molar refractivity (Wildman–Crippen MR) is 38.7 cm³/mol. The van der Waals surface area contributed by atoms with Crippen molar-refractivity contribution in [2.24, 2.45) is 0 Å². The van der Waals surface area contributed by atoms with Crippen molar-refractivity contribution in [2.45, 2.75) is 0 Å². The normalized spacial score (nSPS) is 11.1. The van der Waals surface area contributed by atoms with Gasteiger partial charge in [0.15, 0.2) is 6.29 Å². The molecule has 1 N–H and O–H groups in total. The van der Waals surface area contributed by atoms with Gasteiger partial charge in [-0.2, -0.15) is 10.2 Å². The molecule has 0 spiro atoms. The molecule has 0 unspecified atom stereocenters. The number of aliphatic hydroxyl groups excluding tert-OH is 1. The molecular weight excluding hydrogens is 144 g/mol. The lowest BCUT2D eigenvalue weighted by Crippen LogP contribution is -1.88. The van der Waals surface area contributed by atoms with Gasteiger partial charge < -0.3 is 5.11 Å². The van der Waals surface area contributed by atoms with E-state index in [4.69, 9.17) is 5.11 Å². The van der Waals surface area contributed by atoms with Crippen LogP contribution in [0.1, 0.15) is 5.56 Å². The zero-order valence-electron chi connectivity index (χ0n) is 5.64. The number of hydrogen-bond acceptors (Lipinski definition) is 4. The van der Waals surface area contributed by atoms with Gasteiger partial charge >= 0.3 is 0 Å². The van der Waals surface area contributed by atoms with Crippen LogP contribution >= 0.6 is 0 Å². The van der Waals surface area contributed by atoms with Crippen LogP contribution in [0.5, 0.6) is 0 Å². The maximum atomic E-state index is 10.3. The fourth-order valence-corrected chi connectivity index (χ4v) is 0.634. The average Bonchev–Trinajstić information content (AvgIpc) is 2.09. The highest BCUT2D eigenvalue weighted by Crippen LogP contribution is 2.06. The molecule has 4 heteroatoms. The molecule has 0 amide bonds. The van der Waals surface area contributed by atoms with Crippen LogP contribution < -0.4 is 0 Å². The van der Waals surface area contributed by atoms with E-state index in [1.807, 2.05) is 0 Å². The summed E-state index contributed by atoms with van der Waals surface area (Å²) in [5.41, 5.74) is 0.748. The van der Waals surface area contributed by atoms with E-state index < -0.39 is 0 Å². The Morgan fingerprint density at radius 1 is 1.55 bits per heavy atom. The Morgan fingerprint density at radius 3 is 2.82 bits per heavy atom. The molecule has 0 fully saturated rings. The summed E-state index contributed by atoms with van der Waals surface area (Å²) < 4.78 is 0. The first-order valence-corrected chi connectivity index (χ1v) is 2.95. The van der Waals surface area contributed by atoms with Crippen LogP contribution in [-0.4, -0.2) is 21.6 Å². The summed E-state index contributed by atoms with van der Waals surface area (Å²) in [6.45, 7) is 0. The minimum atomic E-state index is 0.194. The number of carbonyl (C=O) groups excluding carboxylic acids is 1. The molecule has 0 aromatic carbocycles. The molecule has 0 saturated carbocycles.